The lowest BCUT2D eigenvalue weighted by Gasteiger charge is -2.32. The van der Waals surface area contributed by atoms with Crippen LogP contribution in [0.2, 0.25) is 0 Å². The quantitative estimate of drug-likeness (QED) is 0.813. The molecule has 1 atom stereocenters. The van der Waals surface area contributed by atoms with Gasteiger partial charge in [-0.1, -0.05) is 12.8 Å². The first-order valence-electron chi connectivity index (χ1n) is 8.15. The minimum atomic E-state index is 0.222. The fourth-order valence-electron chi connectivity index (χ4n) is 3.74. The van der Waals surface area contributed by atoms with Gasteiger partial charge >= 0.3 is 0 Å². The van der Waals surface area contributed by atoms with E-state index in [0.717, 1.165) is 39.4 Å². The monoisotopic (exact) mass is 281 g/mol. The van der Waals surface area contributed by atoms with E-state index >= 15 is 0 Å². The van der Waals surface area contributed by atoms with Gasteiger partial charge in [-0.3, -0.25) is 14.6 Å². The second-order valence-corrected chi connectivity index (χ2v) is 6.37. The van der Waals surface area contributed by atoms with E-state index in [1.807, 2.05) is 0 Å². The molecule has 1 aliphatic carbocycles. The molecule has 0 unspecified atom stereocenters. The van der Waals surface area contributed by atoms with Crippen LogP contribution < -0.4 is 5.32 Å². The maximum Gasteiger partial charge on any atom is 0.234 e. The summed E-state index contributed by atoms with van der Waals surface area (Å²) >= 11 is 0. The molecule has 20 heavy (non-hydrogen) atoms. The van der Waals surface area contributed by atoms with Crippen molar-refractivity contribution >= 4 is 5.91 Å². The highest BCUT2D eigenvalue weighted by Gasteiger charge is 2.29. The van der Waals surface area contributed by atoms with Crippen molar-refractivity contribution in [3.05, 3.63) is 0 Å². The number of likely N-dealkylation sites (tertiary alicyclic amines) is 1. The summed E-state index contributed by atoms with van der Waals surface area (Å²) in [6.45, 7) is 6.49. The third kappa shape index (κ3) is 3.71. The Hall–Kier alpha value is -0.650. The predicted molar refractivity (Wildman–Crippen MR) is 77.6 cm³/mol. The van der Waals surface area contributed by atoms with Crippen LogP contribution in [0.5, 0.6) is 0 Å². The average molecular weight is 281 g/mol. The smallest absolute Gasteiger partial charge is 0.234 e. The van der Waals surface area contributed by atoms with E-state index in [9.17, 15) is 4.79 Å². The maximum absolute atomic E-state index is 12.1. The number of amides is 1. The first-order valence-corrected chi connectivity index (χ1v) is 8.15. The van der Waals surface area contributed by atoms with Gasteiger partial charge in [-0.25, -0.2) is 0 Å². The molecular weight excluding hydrogens is 254 g/mol. The molecule has 2 saturated heterocycles. The third-order valence-corrected chi connectivity index (χ3v) is 4.90. The second kappa shape index (κ2) is 6.87. The Bertz CT molecular complexity index is 325. The zero-order valence-corrected chi connectivity index (χ0v) is 12.4. The number of nitrogens with zero attached hydrogens (tertiary/aromatic N) is 2. The summed E-state index contributed by atoms with van der Waals surface area (Å²) in [4.78, 5) is 16.9. The van der Waals surface area contributed by atoms with Gasteiger partial charge in [0.25, 0.3) is 0 Å². The molecule has 2 aliphatic heterocycles. The summed E-state index contributed by atoms with van der Waals surface area (Å²) in [5, 5.41) is 3.19. The van der Waals surface area contributed by atoms with Crippen molar-refractivity contribution in [1.29, 1.82) is 0 Å². The molecule has 0 bridgehead atoms. The van der Waals surface area contributed by atoms with Gasteiger partial charge in [-0.05, 0) is 19.3 Å². The molecule has 0 aromatic heterocycles. The Morgan fingerprint density at radius 2 is 1.85 bits per heavy atom. The van der Waals surface area contributed by atoms with E-state index in [0.29, 0.717) is 18.6 Å². The van der Waals surface area contributed by atoms with E-state index in [1.54, 1.807) is 0 Å². The maximum atomic E-state index is 12.1. The molecule has 1 N–H and O–H groups in total. The summed E-state index contributed by atoms with van der Waals surface area (Å²) < 4.78 is 5.41. The normalized spacial score (nSPS) is 29.9. The standard InChI is InChI=1S/C15H27N3O2/c19-15(16-13-3-1-2-4-13)12-17-6-5-14(11-17)18-7-9-20-10-8-18/h13-14H,1-12H2,(H,16,19)/t14-/m0/s1. The lowest BCUT2D eigenvalue weighted by Crippen LogP contribution is -2.46. The molecule has 0 aromatic carbocycles. The molecule has 5 heteroatoms. The third-order valence-electron chi connectivity index (χ3n) is 4.90. The Balaban J connectivity index is 1.39. The van der Waals surface area contributed by atoms with Gasteiger partial charge in [0.05, 0.1) is 19.8 Å². The van der Waals surface area contributed by atoms with Crippen LogP contribution in [-0.4, -0.2) is 73.7 Å². The lowest BCUT2D eigenvalue weighted by molar-refractivity contribution is -0.122. The van der Waals surface area contributed by atoms with Crippen LogP contribution in [0, 0.1) is 0 Å². The molecule has 1 amide bonds. The Kier molecular flexibility index (Phi) is 4.91. The van der Waals surface area contributed by atoms with Gasteiger partial charge in [0.15, 0.2) is 0 Å². The van der Waals surface area contributed by atoms with E-state index in [4.69, 9.17) is 4.74 Å². The van der Waals surface area contributed by atoms with Gasteiger partial charge in [0.2, 0.25) is 5.91 Å². The molecule has 3 rings (SSSR count). The Morgan fingerprint density at radius 3 is 2.60 bits per heavy atom. The number of nitrogens with one attached hydrogen (secondary N) is 1. The SMILES string of the molecule is O=C(CN1CC[C@H](N2CCOCC2)C1)NC1CCCC1. The zero-order valence-electron chi connectivity index (χ0n) is 12.4. The Labute approximate surface area is 121 Å². The first kappa shape index (κ1) is 14.3. The summed E-state index contributed by atoms with van der Waals surface area (Å²) in [5.74, 6) is 0.222. The second-order valence-electron chi connectivity index (χ2n) is 6.37. The molecule has 3 fully saturated rings. The van der Waals surface area contributed by atoms with Crippen molar-refractivity contribution in [2.45, 2.75) is 44.2 Å². The fourth-order valence-corrected chi connectivity index (χ4v) is 3.74. The summed E-state index contributed by atoms with van der Waals surface area (Å²) in [7, 11) is 0. The summed E-state index contributed by atoms with van der Waals surface area (Å²) in [5.41, 5.74) is 0. The van der Waals surface area contributed by atoms with Crippen molar-refractivity contribution in [3.63, 3.8) is 0 Å². The van der Waals surface area contributed by atoms with Crippen LogP contribution in [0.25, 0.3) is 0 Å². The van der Waals surface area contributed by atoms with E-state index in [-0.39, 0.29) is 5.91 Å². The summed E-state index contributed by atoms with van der Waals surface area (Å²) in [6, 6.07) is 1.07. The average Bonchev–Trinajstić information content (AvgIpc) is 3.11. The number of morpholine rings is 1. The number of ether oxygens (including phenoxy) is 1. The number of rotatable bonds is 4. The minimum absolute atomic E-state index is 0.222. The van der Waals surface area contributed by atoms with E-state index in [2.05, 4.69) is 15.1 Å². The molecule has 1 saturated carbocycles. The molecular formula is C15H27N3O2. The highest BCUT2D eigenvalue weighted by Crippen LogP contribution is 2.19. The number of carbonyl (C=O) groups is 1. The van der Waals surface area contributed by atoms with Crippen LogP contribution in [-0.2, 0) is 9.53 Å². The van der Waals surface area contributed by atoms with Crippen LogP contribution in [0.3, 0.4) is 0 Å². The molecule has 5 nitrogen and oxygen atoms in total. The molecule has 2 heterocycles. The largest absolute Gasteiger partial charge is 0.379 e. The van der Waals surface area contributed by atoms with Crippen molar-refractivity contribution in [2.75, 3.05) is 45.9 Å². The number of hydrogen-bond acceptors (Lipinski definition) is 4. The zero-order chi connectivity index (χ0) is 13.8. The molecule has 0 radical (unpaired) electrons. The summed E-state index contributed by atoms with van der Waals surface area (Å²) in [6.07, 6.45) is 6.07. The van der Waals surface area contributed by atoms with Crippen LogP contribution >= 0.6 is 0 Å². The van der Waals surface area contributed by atoms with Crippen LogP contribution in [0.1, 0.15) is 32.1 Å². The van der Waals surface area contributed by atoms with Gasteiger partial charge in [-0.2, -0.15) is 0 Å². The minimum Gasteiger partial charge on any atom is -0.379 e. The molecule has 114 valence electrons. The number of carbonyl (C=O) groups excluding carboxylic acids is 1. The highest BCUT2D eigenvalue weighted by atomic mass is 16.5. The lowest BCUT2D eigenvalue weighted by atomic mass is 10.2. The van der Waals surface area contributed by atoms with Gasteiger partial charge in [0.1, 0.15) is 0 Å². The van der Waals surface area contributed by atoms with Gasteiger partial charge < -0.3 is 10.1 Å². The van der Waals surface area contributed by atoms with Crippen LogP contribution in [0.15, 0.2) is 0 Å². The van der Waals surface area contributed by atoms with Crippen molar-refractivity contribution < 1.29 is 9.53 Å². The van der Waals surface area contributed by atoms with E-state index < -0.39 is 0 Å². The molecule has 0 aromatic rings. The predicted octanol–water partition coefficient (Wildman–Crippen LogP) is 0.452. The van der Waals surface area contributed by atoms with Crippen molar-refractivity contribution in [1.82, 2.24) is 15.1 Å². The fraction of sp³-hybridized carbons (Fsp3) is 0.933. The first-order chi connectivity index (χ1) is 9.81. The van der Waals surface area contributed by atoms with E-state index in [1.165, 1.54) is 32.1 Å². The van der Waals surface area contributed by atoms with Crippen molar-refractivity contribution in [3.8, 4) is 0 Å². The molecule has 3 aliphatic rings. The van der Waals surface area contributed by atoms with Crippen LogP contribution in [0.4, 0.5) is 0 Å². The van der Waals surface area contributed by atoms with Crippen molar-refractivity contribution in [2.24, 2.45) is 0 Å². The topological polar surface area (TPSA) is 44.8 Å². The Morgan fingerprint density at radius 1 is 1.10 bits per heavy atom. The molecule has 0 spiro atoms. The highest BCUT2D eigenvalue weighted by molar-refractivity contribution is 5.78. The van der Waals surface area contributed by atoms with Gasteiger partial charge in [0, 0.05) is 38.3 Å². The number of hydrogen-bond donors (Lipinski definition) is 1. The van der Waals surface area contributed by atoms with Gasteiger partial charge in [-0.15, -0.1) is 0 Å².